The first-order valence-corrected chi connectivity index (χ1v) is 7.91. The number of aromatic amines is 1. The highest BCUT2D eigenvalue weighted by Crippen LogP contribution is 2.29. The lowest BCUT2D eigenvalue weighted by Gasteiger charge is -2.11. The predicted octanol–water partition coefficient (Wildman–Crippen LogP) is 0.181. The molecule has 9 nitrogen and oxygen atoms in total. The zero-order chi connectivity index (χ0) is 17.2. The number of aromatic carboxylic acids is 1. The summed E-state index contributed by atoms with van der Waals surface area (Å²) in [6.45, 7) is 2.01. The molecule has 1 aromatic heterocycles. The van der Waals surface area contributed by atoms with E-state index in [0.29, 0.717) is 6.61 Å². The normalized spacial score (nSPS) is 11.2. The number of primary sulfonamides is 1. The zero-order valence-corrected chi connectivity index (χ0v) is 12.8. The minimum Gasteiger partial charge on any atom is -0.493 e. The van der Waals surface area contributed by atoms with Gasteiger partial charge in [-0.05, 0) is 25.1 Å². The van der Waals surface area contributed by atoms with Gasteiger partial charge in [0.25, 0.3) is 5.56 Å². The van der Waals surface area contributed by atoms with E-state index in [9.17, 15) is 18.0 Å². The second-order valence-electron chi connectivity index (χ2n) is 4.42. The van der Waals surface area contributed by atoms with Crippen molar-refractivity contribution < 1.29 is 23.1 Å². The number of H-pyrrole nitrogens is 1. The van der Waals surface area contributed by atoms with Gasteiger partial charge in [0, 0.05) is 6.20 Å². The van der Waals surface area contributed by atoms with Crippen molar-refractivity contribution in [3.05, 3.63) is 40.3 Å². The van der Waals surface area contributed by atoms with Crippen LogP contribution in [0.15, 0.2) is 34.1 Å². The molecule has 0 aliphatic rings. The second kappa shape index (κ2) is 6.18. The van der Waals surface area contributed by atoms with Gasteiger partial charge in [0.15, 0.2) is 0 Å². The molecule has 2 rings (SSSR count). The molecular weight excluding hydrogens is 326 g/mol. The molecule has 4 N–H and O–H groups in total. The van der Waals surface area contributed by atoms with E-state index in [1.165, 1.54) is 18.2 Å². The van der Waals surface area contributed by atoms with Crippen LogP contribution < -0.4 is 15.4 Å². The van der Waals surface area contributed by atoms with E-state index in [4.69, 9.17) is 15.0 Å². The number of nitrogens with two attached hydrogens (primary N) is 1. The predicted molar refractivity (Wildman–Crippen MR) is 79.8 cm³/mol. The van der Waals surface area contributed by atoms with Crippen molar-refractivity contribution in [3.63, 3.8) is 0 Å². The van der Waals surface area contributed by atoms with E-state index in [2.05, 4.69) is 9.97 Å². The number of hydrogen-bond donors (Lipinski definition) is 3. The summed E-state index contributed by atoms with van der Waals surface area (Å²) in [6, 6.07) is 3.83. The van der Waals surface area contributed by atoms with E-state index < -0.39 is 27.1 Å². The van der Waals surface area contributed by atoms with Gasteiger partial charge in [-0.2, -0.15) is 0 Å². The molecule has 0 radical (unpaired) electrons. The first kappa shape index (κ1) is 16.6. The Bertz CT molecular complexity index is 920. The average Bonchev–Trinajstić information content (AvgIpc) is 2.46. The highest BCUT2D eigenvalue weighted by Gasteiger charge is 2.17. The number of ether oxygens (including phenoxy) is 1. The van der Waals surface area contributed by atoms with Gasteiger partial charge in [-0.3, -0.25) is 4.79 Å². The van der Waals surface area contributed by atoms with Crippen LogP contribution in [0.1, 0.15) is 17.3 Å². The molecule has 0 saturated heterocycles. The van der Waals surface area contributed by atoms with Crippen LogP contribution in [-0.2, 0) is 10.0 Å². The Morgan fingerprint density at radius 1 is 1.43 bits per heavy atom. The Hall–Kier alpha value is -2.72. The second-order valence-corrected chi connectivity index (χ2v) is 5.98. The lowest BCUT2D eigenvalue weighted by atomic mass is 10.2. The number of sulfonamides is 1. The van der Waals surface area contributed by atoms with Crippen molar-refractivity contribution in [3.8, 4) is 17.1 Å². The average molecular weight is 339 g/mol. The number of nitrogens with zero attached hydrogens (tertiary/aromatic N) is 1. The van der Waals surface area contributed by atoms with Gasteiger partial charge in [0.2, 0.25) is 10.0 Å². The Morgan fingerprint density at radius 2 is 2.13 bits per heavy atom. The zero-order valence-electron chi connectivity index (χ0n) is 11.9. The van der Waals surface area contributed by atoms with Crippen molar-refractivity contribution in [2.75, 3.05) is 6.61 Å². The molecule has 0 aliphatic heterocycles. The van der Waals surface area contributed by atoms with Crippen LogP contribution >= 0.6 is 0 Å². The lowest BCUT2D eigenvalue weighted by molar-refractivity contribution is 0.0694. The Labute approximate surface area is 130 Å². The number of carboxylic acid groups (broad SMARTS) is 1. The maximum absolute atomic E-state index is 11.7. The van der Waals surface area contributed by atoms with Crippen molar-refractivity contribution >= 4 is 16.0 Å². The van der Waals surface area contributed by atoms with Gasteiger partial charge >= 0.3 is 5.97 Å². The molecule has 0 spiro atoms. The minimum absolute atomic E-state index is 0.0334. The highest BCUT2D eigenvalue weighted by molar-refractivity contribution is 7.89. The standard InChI is InChI=1S/C13H13N3O6S/c1-2-22-10-4-3-7(23(14,20)21)5-8(10)11-15-6-9(13(18)19)12(17)16-11/h3-6H,2H2,1H3,(H,18,19)(H2,14,20,21)(H,15,16,17). The topological polar surface area (TPSA) is 152 Å². The summed E-state index contributed by atoms with van der Waals surface area (Å²) >= 11 is 0. The SMILES string of the molecule is CCOc1ccc(S(N)(=O)=O)cc1-c1ncc(C(=O)O)c(=O)[nH]1. The summed E-state index contributed by atoms with van der Waals surface area (Å²) in [6.07, 6.45) is 0.885. The van der Waals surface area contributed by atoms with E-state index in [1.54, 1.807) is 6.92 Å². The third-order valence-corrected chi connectivity index (χ3v) is 3.78. The highest BCUT2D eigenvalue weighted by atomic mass is 32.2. The summed E-state index contributed by atoms with van der Waals surface area (Å²) in [4.78, 5) is 28.5. The number of hydrogen-bond acceptors (Lipinski definition) is 6. The Morgan fingerprint density at radius 3 is 2.65 bits per heavy atom. The fraction of sp³-hybridized carbons (Fsp3) is 0.154. The van der Waals surface area contributed by atoms with Crippen LogP contribution in [0, 0.1) is 0 Å². The molecule has 10 heteroatoms. The maximum atomic E-state index is 11.7. The van der Waals surface area contributed by atoms with Crippen molar-refractivity contribution in [1.29, 1.82) is 0 Å². The van der Waals surface area contributed by atoms with E-state index >= 15 is 0 Å². The summed E-state index contributed by atoms with van der Waals surface area (Å²) in [7, 11) is -3.97. The third kappa shape index (κ3) is 3.55. The summed E-state index contributed by atoms with van der Waals surface area (Å²) in [5.74, 6) is -1.19. The van der Waals surface area contributed by atoms with Crippen molar-refractivity contribution in [2.45, 2.75) is 11.8 Å². The van der Waals surface area contributed by atoms with Gasteiger partial charge in [0.1, 0.15) is 17.1 Å². The van der Waals surface area contributed by atoms with Gasteiger partial charge < -0.3 is 14.8 Å². The molecule has 0 unspecified atom stereocenters. The molecule has 1 aromatic carbocycles. The molecule has 23 heavy (non-hydrogen) atoms. The molecule has 0 bridgehead atoms. The number of benzene rings is 1. The number of aromatic nitrogens is 2. The molecule has 1 heterocycles. The van der Waals surface area contributed by atoms with Crippen LogP contribution in [0.4, 0.5) is 0 Å². The maximum Gasteiger partial charge on any atom is 0.342 e. The van der Waals surface area contributed by atoms with E-state index in [-0.39, 0.29) is 22.0 Å². The van der Waals surface area contributed by atoms with Crippen molar-refractivity contribution in [2.24, 2.45) is 5.14 Å². The fourth-order valence-corrected chi connectivity index (χ4v) is 2.38. The lowest BCUT2D eigenvalue weighted by Crippen LogP contribution is -2.19. The number of nitrogens with one attached hydrogen (secondary N) is 1. The molecule has 0 amide bonds. The molecule has 0 atom stereocenters. The number of carboxylic acids is 1. The summed E-state index contributed by atoms with van der Waals surface area (Å²) in [5.41, 5.74) is -1.23. The van der Waals surface area contributed by atoms with Crippen LogP contribution in [-0.4, -0.2) is 36.1 Å². The smallest absolute Gasteiger partial charge is 0.342 e. The quantitative estimate of drug-likeness (QED) is 0.702. The summed E-state index contributed by atoms with van der Waals surface area (Å²) < 4.78 is 28.3. The first-order valence-electron chi connectivity index (χ1n) is 6.36. The minimum atomic E-state index is -3.97. The Kier molecular flexibility index (Phi) is 4.48. The van der Waals surface area contributed by atoms with Crippen LogP contribution in [0.25, 0.3) is 11.4 Å². The Balaban J connectivity index is 2.67. The molecule has 0 fully saturated rings. The van der Waals surface area contributed by atoms with E-state index in [1.807, 2.05) is 0 Å². The van der Waals surface area contributed by atoms with E-state index in [0.717, 1.165) is 6.20 Å². The number of rotatable bonds is 5. The summed E-state index contributed by atoms with van der Waals surface area (Å²) in [5, 5.41) is 13.9. The van der Waals surface area contributed by atoms with Crippen LogP contribution in [0.3, 0.4) is 0 Å². The first-order chi connectivity index (χ1) is 10.7. The molecule has 122 valence electrons. The molecule has 0 aliphatic carbocycles. The van der Waals surface area contributed by atoms with Gasteiger partial charge in [-0.25, -0.2) is 23.3 Å². The van der Waals surface area contributed by atoms with Crippen LogP contribution in [0.5, 0.6) is 5.75 Å². The number of carbonyl (C=O) groups is 1. The van der Waals surface area contributed by atoms with Gasteiger partial charge in [0.05, 0.1) is 17.1 Å². The van der Waals surface area contributed by atoms with Gasteiger partial charge in [-0.15, -0.1) is 0 Å². The van der Waals surface area contributed by atoms with Crippen molar-refractivity contribution in [1.82, 2.24) is 9.97 Å². The monoisotopic (exact) mass is 339 g/mol. The molecule has 0 saturated carbocycles. The molecular formula is C13H13N3O6S. The third-order valence-electron chi connectivity index (χ3n) is 2.86. The molecule has 2 aromatic rings. The van der Waals surface area contributed by atoms with Gasteiger partial charge in [-0.1, -0.05) is 0 Å². The largest absolute Gasteiger partial charge is 0.493 e. The van der Waals surface area contributed by atoms with Crippen LogP contribution in [0.2, 0.25) is 0 Å². The fourth-order valence-electron chi connectivity index (χ4n) is 1.84.